The van der Waals surface area contributed by atoms with Gasteiger partial charge in [-0.25, -0.2) is 0 Å². The molecule has 3 rings (SSSR count). The maximum atomic E-state index is 6.27. The number of hydrogen-bond donors (Lipinski definition) is 1. The zero-order valence-corrected chi connectivity index (χ0v) is 16.4. The van der Waals surface area contributed by atoms with Crippen molar-refractivity contribution in [2.75, 3.05) is 6.54 Å². The smallest absolute Gasteiger partial charge is 0.124 e. The van der Waals surface area contributed by atoms with Crippen molar-refractivity contribution in [1.29, 1.82) is 0 Å². The lowest BCUT2D eigenvalue weighted by Gasteiger charge is -2.16. The van der Waals surface area contributed by atoms with Crippen LogP contribution in [0.1, 0.15) is 30.9 Å². The van der Waals surface area contributed by atoms with Crippen LogP contribution < -0.4 is 10.1 Å². The van der Waals surface area contributed by atoms with Crippen molar-refractivity contribution in [2.24, 2.45) is 0 Å². The minimum Gasteiger partial charge on any atom is -0.488 e. The molecular formula is C22H23Cl2NO. The van der Waals surface area contributed by atoms with Crippen LogP contribution >= 0.6 is 23.2 Å². The number of hydrogen-bond acceptors (Lipinski definition) is 2. The van der Waals surface area contributed by atoms with E-state index in [9.17, 15) is 0 Å². The molecule has 0 aliphatic carbocycles. The maximum absolute atomic E-state index is 6.27. The first-order chi connectivity index (χ1) is 12.7. The normalized spacial score (nSPS) is 11.0. The lowest BCUT2D eigenvalue weighted by molar-refractivity contribution is 0.303. The summed E-state index contributed by atoms with van der Waals surface area (Å²) in [4.78, 5) is 0. The number of ether oxygens (including phenoxy) is 1. The van der Waals surface area contributed by atoms with Crippen molar-refractivity contribution in [3.05, 3.63) is 75.8 Å². The van der Waals surface area contributed by atoms with E-state index in [-0.39, 0.29) is 0 Å². The lowest BCUT2D eigenvalue weighted by atomic mass is 10.0. The van der Waals surface area contributed by atoms with Gasteiger partial charge in [-0.3, -0.25) is 0 Å². The molecule has 0 aliphatic heterocycles. The van der Waals surface area contributed by atoms with Gasteiger partial charge in [0.05, 0.1) is 0 Å². The Hall–Kier alpha value is -1.74. The molecule has 0 amide bonds. The highest BCUT2D eigenvalue weighted by Crippen LogP contribution is 2.31. The molecule has 0 saturated heterocycles. The largest absolute Gasteiger partial charge is 0.488 e. The second kappa shape index (κ2) is 9.27. The van der Waals surface area contributed by atoms with Gasteiger partial charge >= 0.3 is 0 Å². The number of unbranched alkanes of at least 4 members (excludes halogenated alkanes) is 1. The first-order valence-corrected chi connectivity index (χ1v) is 9.73. The first kappa shape index (κ1) is 19.0. The summed E-state index contributed by atoms with van der Waals surface area (Å²) in [7, 11) is 0. The van der Waals surface area contributed by atoms with Gasteiger partial charge in [0, 0.05) is 27.7 Å². The molecule has 136 valence electrons. The molecule has 0 atom stereocenters. The topological polar surface area (TPSA) is 21.3 Å². The fraction of sp³-hybridized carbons (Fsp3) is 0.273. The van der Waals surface area contributed by atoms with Crippen molar-refractivity contribution < 1.29 is 4.74 Å². The van der Waals surface area contributed by atoms with Crippen molar-refractivity contribution in [3.8, 4) is 5.75 Å². The van der Waals surface area contributed by atoms with Crippen LogP contribution in [-0.2, 0) is 13.2 Å². The van der Waals surface area contributed by atoms with Gasteiger partial charge in [0.2, 0.25) is 0 Å². The van der Waals surface area contributed by atoms with Crippen LogP contribution in [0.3, 0.4) is 0 Å². The summed E-state index contributed by atoms with van der Waals surface area (Å²) in [6.07, 6.45) is 2.34. The number of halogens is 2. The predicted octanol–water partition coefficient (Wildman–Crippen LogP) is 6.62. The van der Waals surface area contributed by atoms with Gasteiger partial charge in [0.15, 0.2) is 0 Å². The monoisotopic (exact) mass is 387 g/mol. The molecule has 2 nitrogen and oxygen atoms in total. The minimum absolute atomic E-state index is 0.346. The Morgan fingerprint density at radius 1 is 0.885 bits per heavy atom. The predicted molar refractivity (Wildman–Crippen MR) is 111 cm³/mol. The van der Waals surface area contributed by atoms with E-state index in [0.717, 1.165) is 30.8 Å². The molecule has 3 aromatic carbocycles. The average Bonchev–Trinajstić information content (AvgIpc) is 2.65. The van der Waals surface area contributed by atoms with Crippen LogP contribution in [0.5, 0.6) is 5.75 Å². The Morgan fingerprint density at radius 3 is 2.42 bits per heavy atom. The fourth-order valence-electron chi connectivity index (χ4n) is 2.97. The number of benzene rings is 3. The molecule has 3 aromatic rings. The highest BCUT2D eigenvalue weighted by atomic mass is 35.5. The number of nitrogens with one attached hydrogen (secondary N) is 1. The summed E-state index contributed by atoms with van der Waals surface area (Å²) in [5.74, 6) is 0.865. The number of rotatable bonds is 8. The molecule has 0 bridgehead atoms. The Kier molecular flexibility index (Phi) is 6.79. The van der Waals surface area contributed by atoms with Gasteiger partial charge in [-0.05, 0) is 41.9 Å². The second-order valence-corrected chi connectivity index (χ2v) is 7.10. The van der Waals surface area contributed by atoms with Crippen molar-refractivity contribution in [3.63, 3.8) is 0 Å². The average molecular weight is 388 g/mol. The quantitative estimate of drug-likeness (QED) is 0.438. The van der Waals surface area contributed by atoms with Gasteiger partial charge in [0.1, 0.15) is 12.4 Å². The van der Waals surface area contributed by atoms with Gasteiger partial charge in [-0.1, -0.05) is 72.9 Å². The van der Waals surface area contributed by atoms with Crippen LogP contribution in [-0.4, -0.2) is 6.54 Å². The van der Waals surface area contributed by atoms with E-state index in [2.05, 4.69) is 42.6 Å². The molecule has 0 heterocycles. The molecule has 0 unspecified atom stereocenters. The molecule has 0 radical (unpaired) electrons. The van der Waals surface area contributed by atoms with Crippen molar-refractivity contribution >= 4 is 34.0 Å². The van der Waals surface area contributed by atoms with Crippen LogP contribution in [0.25, 0.3) is 10.8 Å². The van der Waals surface area contributed by atoms with Crippen LogP contribution in [0.2, 0.25) is 10.0 Å². The molecule has 1 N–H and O–H groups in total. The Balaban J connectivity index is 1.86. The Morgan fingerprint density at radius 2 is 1.65 bits per heavy atom. The van der Waals surface area contributed by atoms with Gasteiger partial charge in [-0.2, -0.15) is 0 Å². The summed E-state index contributed by atoms with van der Waals surface area (Å²) >= 11 is 12.5. The lowest BCUT2D eigenvalue weighted by Crippen LogP contribution is -2.15. The second-order valence-electron chi connectivity index (χ2n) is 6.28. The summed E-state index contributed by atoms with van der Waals surface area (Å²) in [6, 6.07) is 18.0. The van der Waals surface area contributed by atoms with E-state index >= 15 is 0 Å². The highest BCUT2D eigenvalue weighted by Gasteiger charge is 2.11. The summed E-state index contributed by atoms with van der Waals surface area (Å²) in [5.41, 5.74) is 1.98. The van der Waals surface area contributed by atoms with Crippen LogP contribution in [0, 0.1) is 0 Å². The van der Waals surface area contributed by atoms with Gasteiger partial charge in [0.25, 0.3) is 0 Å². The molecule has 4 heteroatoms. The van der Waals surface area contributed by atoms with Gasteiger partial charge < -0.3 is 10.1 Å². The summed E-state index contributed by atoms with van der Waals surface area (Å²) < 4.78 is 6.14. The van der Waals surface area contributed by atoms with E-state index in [1.807, 2.05) is 24.3 Å². The SMILES string of the molecule is CCCCNCc1c(OCc2c(Cl)cccc2Cl)ccc2ccccc12. The zero-order chi connectivity index (χ0) is 18.4. The van der Waals surface area contributed by atoms with E-state index < -0.39 is 0 Å². The van der Waals surface area contributed by atoms with Crippen LogP contribution in [0.4, 0.5) is 0 Å². The van der Waals surface area contributed by atoms with E-state index in [4.69, 9.17) is 27.9 Å². The molecular weight excluding hydrogens is 365 g/mol. The van der Waals surface area contributed by atoms with Gasteiger partial charge in [-0.15, -0.1) is 0 Å². The molecule has 0 fully saturated rings. The molecule has 0 saturated carbocycles. The standard InChI is InChI=1S/C22H23Cl2NO/c1-2-3-13-25-14-18-17-8-5-4-7-16(17)11-12-22(18)26-15-19-20(23)9-6-10-21(19)24/h4-12,25H,2-3,13-15H2,1H3. The highest BCUT2D eigenvalue weighted by molar-refractivity contribution is 6.35. The summed E-state index contributed by atoms with van der Waals surface area (Å²) in [5, 5.41) is 7.19. The van der Waals surface area contributed by atoms with Crippen molar-refractivity contribution in [1.82, 2.24) is 5.32 Å². The molecule has 26 heavy (non-hydrogen) atoms. The third-order valence-corrected chi connectivity index (χ3v) is 5.15. The zero-order valence-electron chi connectivity index (χ0n) is 14.9. The minimum atomic E-state index is 0.346. The fourth-order valence-corrected chi connectivity index (χ4v) is 3.48. The van der Waals surface area contributed by atoms with Crippen molar-refractivity contribution in [2.45, 2.75) is 32.9 Å². The van der Waals surface area contributed by atoms with E-state index in [0.29, 0.717) is 16.7 Å². The Labute approximate surface area is 165 Å². The first-order valence-electron chi connectivity index (χ1n) is 8.97. The summed E-state index contributed by atoms with van der Waals surface area (Å²) in [6.45, 7) is 4.31. The van der Waals surface area contributed by atoms with E-state index in [1.165, 1.54) is 22.8 Å². The maximum Gasteiger partial charge on any atom is 0.124 e. The molecule has 0 aliphatic rings. The van der Waals surface area contributed by atoms with Crippen LogP contribution in [0.15, 0.2) is 54.6 Å². The molecule has 0 spiro atoms. The third-order valence-electron chi connectivity index (χ3n) is 4.44. The third kappa shape index (κ3) is 4.50. The van der Waals surface area contributed by atoms with E-state index in [1.54, 1.807) is 0 Å². The molecule has 0 aromatic heterocycles. The Bertz CT molecular complexity index is 859. The number of fused-ring (bicyclic) bond motifs is 1.